The number of hydrogen-bond donors (Lipinski definition) is 5. The second-order valence-corrected chi connectivity index (χ2v) is 4.74. The summed E-state index contributed by atoms with van der Waals surface area (Å²) < 4.78 is 19.6. The standard InChI is InChI=1S/C11H14FN3O7/c12-5-7(18)4(2-16)22-10(5)15-1-3(6(17)8(13)19)9(20)14-11(15)21/h1,4-7,10,16-18H,2H2,(H2,13,19)(H,14,20,21)/t4-,5+,6?,7?,10-/m1/s1. The van der Waals surface area contributed by atoms with Crippen molar-refractivity contribution >= 4 is 5.91 Å². The highest BCUT2D eigenvalue weighted by molar-refractivity contribution is 5.79. The quantitative estimate of drug-likeness (QED) is 0.386. The minimum Gasteiger partial charge on any atom is -0.394 e. The number of aromatic amines is 1. The molecule has 22 heavy (non-hydrogen) atoms. The highest BCUT2D eigenvalue weighted by Crippen LogP contribution is 2.30. The Morgan fingerprint density at radius 2 is 2.18 bits per heavy atom. The molecule has 10 nitrogen and oxygen atoms in total. The molecule has 1 saturated heterocycles. The van der Waals surface area contributed by atoms with Gasteiger partial charge in [0.2, 0.25) is 0 Å². The van der Waals surface area contributed by atoms with E-state index >= 15 is 0 Å². The molecule has 2 unspecified atom stereocenters. The molecule has 1 aromatic heterocycles. The summed E-state index contributed by atoms with van der Waals surface area (Å²) in [6, 6.07) is 0. The number of primary amides is 1. The van der Waals surface area contributed by atoms with Crippen LogP contribution in [0.2, 0.25) is 0 Å². The average molecular weight is 319 g/mol. The van der Waals surface area contributed by atoms with Gasteiger partial charge in [-0.15, -0.1) is 0 Å². The first-order chi connectivity index (χ1) is 10.3. The third-order valence-corrected chi connectivity index (χ3v) is 3.31. The summed E-state index contributed by atoms with van der Waals surface area (Å²) in [5.41, 5.74) is 2.14. The number of aliphatic hydroxyl groups excluding tert-OH is 3. The molecule has 11 heteroatoms. The number of aliphatic hydroxyl groups is 3. The number of rotatable bonds is 4. The van der Waals surface area contributed by atoms with Crippen molar-refractivity contribution in [3.63, 3.8) is 0 Å². The Hall–Kier alpha value is -2.08. The maximum absolute atomic E-state index is 14.0. The van der Waals surface area contributed by atoms with Crippen LogP contribution >= 0.6 is 0 Å². The van der Waals surface area contributed by atoms with Crippen molar-refractivity contribution in [2.24, 2.45) is 5.73 Å². The fraction of sp³-hybridized carbons (Fsp3) is 0.545. The molecule has 5 atom stereocenters. The molecule has 0 aliphatic carbocycles. The molecule has 1 fully saturated rings. The second kappa shape index (κ2) is 5.96. The van der Waals surface area contributed by atoms with Gasteiger partial charge in [0.1, 0.15) is 12.2 Å². The normalized spacial score (nSPS) is 29.5. The van der Waals surface area contributed by atoms with E-state index < -0.39 is 60.0 Å². The number of nitrogens with two attached hydrogens (primary N) is 1. The van der Waals surface area contributed by atoms with Crippen LogP contribution in [0.5, 0.6) is 0 Å². The van der Waals surface area contributed by atoms with Crippen LogP contribution in [-0.4, -0.2) is 55.8 Å². The number of nitrogens with one attached hydrogen (secondary N) is 1. The first-order valence-electron chi connectivity index (χ1n) is 6.19. The van der Waals surface area contributed by atoms with Gasteiger partial charge in [-0.25, -0.2) is 9.18 Å². The van der Waals surface area contributed by atoms with Gasteiger partial charge in [-0.05, 0) is 0 Å². The topological polar surface area (TPSA) is 168 Å². The molecule has 1 aliphatic heterocycles. The Morgan fingerprint density at radius 3 is 2.68 bits per heavy atom. The number of aromatic nitrogens is 2. The number of amides is 1. The predicted molar refractivity (Wildman–Crippen MR) is 67.4 cm³/mol. The molecular weight excluding hydrogens is 305 g/mol. The fourth-order valence-electron chi connectivity index (χ4n) is 2.12. The van der Waals surface area contributed by atoms with Gasteiger partial charge >= 0.3 is 5.69 Å². The fourth-order valence-corrected chi connectivity index (χ4v) is 2.12. The summed E-state index contributed by atoms with van der Waals surface area (Å²) in [6.45, 7) is -0.688. The van der Waals surface area contributed by atoms with E-state index in [2.05, 4.69) is 0 Å². The van der Waals surface area contributed by atoms with Crippen molar-refractivity contribution in [3.05, 3.63) is 32.6 Å². The van der Waals surface area contributed by atoms with E-state index in [1.54, 1.807) is 4.98 Å². The van der Waals surface area contributed by atoms with Gasteiger partial charge < -0.3 is 25.8 Å². The molecule has 0 radical (unpaired) electrons. The largest absolute Gasteiger partial charge is 0.394 e. The molecule has 122 valence electrons. The SMILES string of the molecule is NC(=O)C(O)c1cn([C@@H]2O[C@H](CO)C(O)[C@@H]2F)c(=O)[nH]c1=O. The molecule has 0 bridgehead atoms. The number of halogens is 1. The summed E-state index contributed by atoms with van der Waals surface area (Å²) in [5, 5.41) is 28.0. The lowest BCUT2D eigenvalue weighted by Gasteiger charge is -2.17. The first-order valence-corrected chi connectivity index (χ1v) is 6.19. The van der Waals surface area contributed by atoms with E-state index in [4.69, 9.17) is 15.6 Å². The predicted octanol–water partition coefficient (Wildman–Crippen LogP) is -3.36. The van der Waals surface area contributed by atoms with Crippen LogP contribution in [0.1, 0.15) is 17.9 Å². The van der Waals surface area contributed by atoms with Crippen molar-refractivity contribution in [2.45, 2.75) is 30.7 Å². The number of H-pyrrole nitrogens is 1. The van der Waals surface area contributed by atoms with Crippen LogP contribution in [0, 0.1) is 0 Å². The van der Waals surface area contributed by atoms with Crippen LogP contribution in [0.3, 0.4) is 0 Å². The number of hydrogen-bond acceptors (Lipinski definition) is 7. The summed E-state index contributed by atoms with van der Waals surface area (Å²) >= 11 is 0. The van der Waals surface area contributed by atoms with Crippen LogP contribution in [-0.2, 0) is 9.53 Å². The smallest absolute Gasteiger partial charge is 0.330 e. The van der Waals surface area contributed by atoms with Gasteiger partial charge in [0, 0.05) is 6.20 Å². The number of carbonyl (C=O) groups is 1. The molecule has 0 saturated carbocycles. The van der Waals surface area contributed by atoms with Gasteiger partial charge in [0.15, 0.2) is 18.5 Å². The summed E-state index contributed by atoms with van der Waals surface area (Å²) in [6.07, 6.45) is -7.94. The van der Waals surface area contributed by atoms with Crippen molar-refractivity contribution in [1.29, 1.82) is 0 Å². The second-order valence-electron chi connectivity index (χ2n) is 4.74. The summed E-state index contributed by atoms with van der Waals surface area (Å²) in [5.74, 6) is -1.24. The van der Waals surface area contributed by atoms with Gasteiger partial charge in [0.05, 0.1) is 12.2 Å². The minimum atomic E-state index is -2.07. The van der Waals surface area contributed by atoms with Gasteiger partial charge in [-0.3, -0.25) is 19.1 Å². The van der Waals surface area contributed by atoms with Gasteiger partial charge in [-0.2, -0.15) is 0 Å². The summed E-state index contributed by atoms with van der Waals surface area (Å²) in [7, 11) is 0. The Labute approximate surface area is 121 Å². The van der Waals surface area contributed by atoms with Crippen molar-refractivity contribution in [2.75, 3.05) is 6.61 Å². The zero-order valence-electron chi connectivity index (χ0n) is 11.0. The third kappa shape index (κ3) is 2.66. The van der Waals surface area contributed by atoms with Crippen LogP contribution in [0.15, 0.2) is 15.8 Å². The zero-order chi connectivity index (χ0) is 16.6. The Balaban J connectivity index is 2.48. The number of alkyl halides is 1. The van der Waals surface area contributed by atoms with Crippen LogP contribution in [0.4, 0.5) is 4.39 Å². The molecular formula is C11H14FN3O7. The molecule has 1 aliphatic rings. The highest BCUT2D eigenvalue weighted by atomic mass is 19.1. The van der Waals surface area contributed by atoms with Gasteiger partial charge in [0.25, 0.3) is 11.5 Å². The minimum absolute atomic E-state index is 0.562. The summed E-state index contributed by atoms with van der Waals surface area (Å²) in [4.78, 5) is 36.0. The molecule has 1 amide bonds. The monoisotopic (exact) mass is 319 g/mol. The number of carbonyl (C=O) groups excluding carboxylic acids is 1. The average Bonchev–Trinajstić information content (AvgIpc) is 2.74. The number of ether oxygens (including phenoxy) is 1. The van der Waals surface area contributed by atoms with Crippen molar-refractivity contribution < 1.29 is 29.2 Å². The Morgan fingerprint density at radius 1 is 1.55 bits per heavy atom. The molecule has 0 spiro atoms. The zero-order valence-corrected chi connectivity index (χ0v) is 11.0. The Bertz CT molecular complexity index is 687. The highest BCUT2D eigenvalue weighted by Gasteiger charge is 2.45. The van der Waals surface area contributed by atoms with Gasteiger partial charge in [-0.1, -0.05) is 0 Å². The van der Waals surface area contributed by atoms with E-state index in [0.717, 1.165) is 6.20 Å². The van der Waals surface area contributed by atoms with E-state index in [-0.39, 0.29) is 0 Å². The van der Waals surface area contributed by atoms with Crippen LogP contribution < -0.4 is 17.0 Å². The lowest BCUT2D eigenvalue weighted by Crippen LogP contribution is -2.39. The molecule has 2 rings (SSSR count). The first kappa shape index (κ1) is 16.3. The van der Waals surface area contributed by atoms with E-state index in [9.17, 15) is 29.0 Å². The molecule has 0 aromatic carbocycles. The Kier molecular flexibility index (Phi) is 4.42. The maximum Gasteiger partial charge on any atom is 0.330 e. The third-order valence-electron chi connectivity index (χ3n) is 3.31. The maximum atomic E-state index is 14.0. The van der Waals surface area contributed by atoms with Crippen molar-refractivity contribution in [3.8, 4) is 0 Å². The lowest BCUT2D eigenvalue weighted by atomic mass is 10.1. The van der Waals surface area contributed by atoms with Crippen molar-refractivity contribution in [1.82, 2.24) is 9.55 Å². The van der Waals surface area contributed by atoms with E-state index in [1.807, 2.05) is 0 Å². The van der Waals surface area contributed by atoms with E-state index in [0.29, 0.717) is 4.57 Å². The lowest BCUT2D eigenvalue weighted by molar-refractivity contribution is -0.126. The molecule has 2 heterocycles. The molecule has 6 N–H and O–H groups in total. The number of nitrogens with zero attached hydrogens (tertiary/aromatic N) is 1. The van der Waals surface area contributed by atoms with E-state index in [1.165, 1.54) is 0 Å². The molecule has 1 aromatic rings. The van der Waals surface area contributed by atoms with Crippen LogP contribution in [0.25, 0.3) is 0 Å².